The fraction of sp³-hybridized carbons (Fsp3) is 0.476. The third kappa shape index (κ3) is 4.80. The number of nitrogens with zero attached hydrogens (tertiary/aromatic N) is 4. The molecule has 30 heavy (non-hydrogen) atoms. The normalized spacial score (nSPS) is 16.4. The Labute approximate surface area is 175 Å². The smallest absolute Gasteiger partial charge is 0.320 e. The zero-order valence-corrected chi connectivity index (χ0v) is 17.0. The van der Waals surface area contributed by atoms with Crippen molar-refractivity contribution in [2.45, 2.75) is 32.4 Å². The molecule has 0 bridgehead atoms. The Morgan fingerprint density at radius 2 is 1.93 bits per heavy atom. The number of fused-ring (bicyclic) bond motifs is 1. The molecule has 1 aromatic carbocycles. The first-order chi connectivity index (χ1) is 14.6. The molecule has 0 aliphatic carbocycles. The maximum absolute atomic E-state index is 12.2. The third-order valence-electron chi connectivity index (χ3n) is 5.30. The second-order valence-corrected chi connectivity index (χ2v) is 7.72. The molecule has 4 rings (SSSR count). The van der Waals surface area contributed by atoms with E-state index in [2.05, 4.69) is 44.5 Å². The van der Waals surface area contributed by atoms with Crippen molar-refractivity contribution in [2.75, 3.05) is 48.8 Å². The lowest BCUT2D eigenvalue weighted by Crippen LogP contribution is -2.39. The van der Waals surface area contributed by atoms with Crippen LogP contribution in [0.25, 0.3) is 0 Å². The summed E-state index contributed by atoms with van der Waals surface area (Å²) in [6.45, 7) is 4.27. The van der Waals surface area contributed by atoms with E-state index in [1.807, 2.05) is 4.90 Å². The van der Waals surface area contributed by atoms with Crippen molar-refractivity contribution < 1.29 is 14.6 Å². The Bertz CT molecular complexity index is 900. The van der Waals surface area contributed by atoms with Crippen molar-refractivity contribution in [3.8, 4) is 6.01 Å². The monoisotopic (exact) mass is 412 g/mol. The van der Waals surface area contributed by atoms with Crippen LogP contribution in [0.4, 0.5) is 17.3 Å². The molecule has 1 saturated heterocycles. The summed E-state index contributed by atoms with van der Waals surface area (Å²) in [5.74, 6) is 0.561. The summed E-state index contributed by atoms with van der Waals surface area (Å²) in [6, 6.07) is 8.59. The van der Waals surface area contributed by atoms with Gasteiger partial charge in [0.25, 0.3) is 0 Å². The van der Waals surface area contributed by atoms with Gasteiger partial charge in [0.15, 0.2) is 11.6 Å². The molecule has 1 amide bonds. The number of benzene rings is 1. The van der Waals surface area contributed by atoms with Gasteiger partial charge in [-0.25, -0.2) is 0 Å². The molecule has 2 aliphatic rings. The number of anilines is 3. The maximum Gasteiger partial charge on any atom is 0.320 e. The number of aliphatic hydroxyl groups is 1. The molecule has 2 aromatic rings. The summed E-state index contributed by atoms with van der Waals surface area (Å²) in [5.41, 5.74) is 8.84. The van der Waals surface area contributed by atoms with E-state index in [1.165, 1.54) is 18.4 Å². The standard InChI is InChI=1S/C21H28N6O3/c22-19-18-20(25-21(24-19)30-10-4-9-28)27(14-17(29)23-18)13-16-6-3-5-15(11-16)12-26-7-1-2-8-26/h3,5-6,11,28H,1-2,4,7-10,12-14H2,(H,23,29)(H2,22,24,25). The Hall–Kier alpha value is -2.91. The molecule has 9 nitrogen and oxygen atoms in total. The number of aliphatic hydroxyl groups excluding tert-OH is 1. The lowest BCUT2D eigenvalue weighted by molar-refractivity contribution is -0.115. The van der Waals surface area contributed by atoms with Gasteiger partial charge in [-0.1, -0.05) is 24.3 Å². The molecule has 9 heteroatoms. The quantitative estimate of drug-likeness (QED) is 0.557. The summed E-state index contributed by atoms with van der Waals surface area (Å²) >= 11 is 0. The molecule has 0 radical (unpaired) electrons. The maximum atomic E-state index is 12.2. The van der Waals surface area contributed by atoms with Crippen LogP contribution in [0.2, 0.25) is 0 Å². The number of rotatable bonds is 8. The van der Waals surface area contributed by atoms with Crippen LogP contribution in [0.1, 0.15) is 30.4 Å². The molecule has 2 aliphatic heterocycles. The zero-order chi connectivity index (χ0) is 20.9. The van der Waals surface area contributed by atoms with E-state index in [9.17, 15) is 4.79 Å². The number of nitrogens with one attached hydrogen (secondary N) is 1. The largest absolute Gasteiger partial charge is 0.463 e. The minimum absolute atomic E-state index is 0.0242. The molecule has 0 spiro atoms. The number of carbonyl (C=O) groups excluding carboxylic acids is 1. The number of nitrogen functional groups attached to an aromatic ring is 1. The van der Waals surface area contributed by atoms with Gasteiger partial charge in [0.1, 0.15) is 5.69 Å². The van der Waals surface area contributed by atoms with Gasteiger partial charge in [0, 0.05) is 26.1 Å². The molecule has 0 unspecified atom stereocenters. The number of aromatic nitrogens is 2. The van der Waals surface area contributed by atoms with Gasteiger partial charge in [0.05, 0.1) is 13.2 Å². The van der Waals surface area contributed by atoms with Crippen molar-refractivity contribution in [1.29, 1.82) is 0 Å². The number of likely N-dealkylation sites (tertiary alicyclic amines) is 1. The van der Waals surface area contributed by atoms with E-state index >= 15 is 0 Å². The molecule has 1 fully saturated rings. The van der Waals surface area contributed by atoms with E-state index in [-0.39, 0.29) is 30.9 Å². The number of ether oxygens (including phenoxy) is 1. The topological polar surface area (TPSA) is 117 Å². The first-order valence-electron chi connectivity index (χ1n) is 10.4. The number of hydrogen-bond donors (Lipinski definition) is 3. The second kappa shape index (κ2) is 9.27. The summed E-state index contributed by atoms with van der Waals surface area (Å²) in [6.07, 6.45) is 3.01. The van der Waals surface area contributed by atoms with Crippen LogP contribution in [0, 0.1) is 0 Å². The van der Waals surface area contributed by atoms with E-state index in [4.69, 9.17) is 15.6 Å². The second-order valence-electron chi connectivity index (χ2n) is 7.72. The molecule has 160 valence electrons. The van der Waals surface area contributed by atoms with Crippen LogP contribution in [-0.4, -0.2) is 58.7 Å². The molecule has 0 saturated carbocycles. The molecule has 1 aromatic heterocycles. The number of nitrogens with two attached hydrogens (primary N) is 1. The number of hydrogen-bond acceptors (Lipinski definition) is 8. The van der Waals surface area contributed by atoms with Gasteiger partial charge in [0.2, 0.25) is 5.91 Å². The molecular weight excluding hydrogens is 384 g/mol. The van der Waals surface area contributed by atoms with Gasteiger partial charge in [-0.3, -0.25) is 9.69 Å². The van der Waals surface area contributed by atoms with Crippen LogP contribution in [0.15, 0.2) is 24.3 Å². The van der Waals surface area contributed by atoms with Crippen molar-refractivity contribution in [1.82, 2.24) is 14.9 Å². The molecule has 0 atom stereocenters. The van der Waals surface area contributed by atoms with Crippen molar-refractivity contribution in [3.63, 3.8) is 0 Å². The van der Waals surface area contributed by atoms with Crippen molar-refractivity contribution in [2.24, 2.45) is 0 Å². The third-order valence-corrected chi connectivity index (χ3v) is 5.30. The summed E-state index contributed by atoms with van der Waals surface area (Å²) in [7, 11) is 0. The summed E-state index contributed by atoms with van der Waals surface area (Å²) in [5, 5.41) is 11.7. The van der Waals surface area contributed by atoms with Gasteiger partial charge in [-0.05, 0) is 37.1 Å². The first-order valence-corrected chi connectivity index (χ1v) is 10.4. The lowest BCUT2D eigenvalue weighted by atomic mass is 10.1. The van der Waals surface area contributed by atoms with Crippen molar-refractivity contribution >= 4 is 23.2 Å². The average Bonchev–Trinajstić information content (AvgIpc) is 3.22. The fourth-order valence-electron chi connectivity index (χ4n) is 3.89. The van der Waals surface area contributed by atoms with Crippen LogP contribution < -0.4 is 20.7 Å². The molecular formula is C21H28N6O3. The Kier molecular flexibility index (Phi) is 6.29. The van der Waals surface area contributed by atoms with Gasteiger partial charge >= 0.3 is 6.01 Å². The summed E-state index contributed by atoms with van der Waals surface area (Å²) in [4.78, 5) is 25.2. The van der Waals surface area contributed by atoms with E-state index in [0.29, 0.717) is 31.1 Å². The van der Waals surface area contributed by atoms with E-state index in [1.54, 1.807) is 0 Å². The van der Waals surface area contributed by atoms with Crippen LogP contribution in [0.3, 0.4) is 0 Å². The van der Waals surface area contributed by atoms with E-state index in [0.717, 1.165) is 25.2 Å². The van der Waals surface area contributed by atoms with Crippen LogP contribution in [-0.2, 0) is 17.9 Å². The van der Waals surface area contributed by atoms with Crippen LogP contribution >= 0.6 is 0 Å². The lowest BCUT2D eigenvalue weighted by Gasteiger charge is -2.30. The molecule has 3 heterocycles. The summed E-state index contributed by atoms with van der Waals surface area (Å²) < 4.78 is 5.51. The fourth-order valence-corrected chi connectivity index (χ4v) is 3.89. The average molecular weight is 412 g/mol. The SMILES string of the molecule is Nc1nc(OCCCO)nc2c1NC(=O)CN2Cc1cccc(CN2CCCC2)c1. The highest BCUT2D eigenvalue weighted by molar-refractivity contribution is 6.03. The minimum atomic E-state index is -0.153. The zero-order valence-electron chi connectivity index (χ0n) is 17.0. The van der Waals surface area contributed by atoms with Crippen molar-refractivity contribution in [3.05, 3.63) is 35.4 Å². The Morgan fingerprint density at radius 1 is 1.17 bits per heavy atom. The van der Waals surface area contributed by atoms with Crippen LogP contribution in [0.5, 0.6) is 6.01 Å². The Morgan fingerprint density at radius 3 is 2.70 bits per heavy atom. The first kappa shape index (κ1) is 20.4. The number of carbonyl (C=O) groups is 1. The highest BCUT2D eigenvalue weighted by Gasteiger charge is 2.27. The van der Waals surface area contributed by atoms with Gasteiger partial charge in [-0.2, -0.15) is 9.97 Å². The van der Waals surface area contributed by atoms with E-state index < -0.39 is 0 Å². The molecule has 4 N–H and O–H groups in total. The Balaban J connectivity index is 1.54. The minimum Gasteiger partial charge on any atom is -0.463 e. The van der Waals surface area contributed by atoms with Gasteiger partial charge < -0.3 is 25.8 Å². The van der Waals surface area contributed by atoms with Gasteiger partial charge in [-0.15, -0.1) is 0 Å². The predicted molar refractivity (Wildman–Crippen MR) is 114 cm³/mol. The highest BCUT2D eigenvalue weighted by atomic mass is 16.5. The number of amides is 1. The highest BCUT2D eigenvalue weighted by Crippen LogP contribution is 2.34. The predicted octanol–water partition coefficient (Wildman–Crippen LogP) is 1.37.